The summed E-state index contributed by atoms with van der Waals surface area (Å²) in [6.45, 7) is 3.27. The van der Waals surface area contributed by atoms with Gasteiger partial charge in [-0.05, 0) is 86.4 Å². The number of hydrogen-bond acceptors (Lipinski definition) is 2. The summed E-state index contributed by atoms with van der Waals surface area (Å²) in [6, 6.07) is 16.0. The molecule has 0 aliphatic heterocycles. The minimum Gasteiger partial charge on any atom is -0.385 e. The molecule has 0 heterocycles. The van der Waals surface area contributed by atoms with Crippen LogP contribution in [0.3, 0.4) is 0 Å². The van der Waals surface area contributed by atoms with Crippen LogP contribution in [0.4, 0.5) is 5.69 Å². The van der Waals surface area contributed by atoms with Gasteiger partial charge in [-0.1, -0.05) is 101 Å². The van der Waals surface area contributed by atoms with E-state index < -0.39 is 0 Å². The van der Waals surface area contributed by atoms with Crippen LogP contribution in [-0.2, 0) is 0 Å². The number of halogens is 1. The third kappa shape index (κ3) is 11.5. The number of anilines is 1. The second-order valence-electron chi connectivity index (χ2n) is 10.8. The van der Waals surface area contributed by atoms with Gasteiger partial charge in [-0.15, -0.1) is 0 Å². The van der Waals surface area contributed by atoms with Crippen LogP contribution in [0, 0.1) is 5.92 Å². The van der Waals surface area contributed by atoms with Crippen molar-refractivity contribution in [2.45, 2.75) is 109 Å². The molecule has 0 aromatic heterocycles. The number of ketones is 1. The maximum absolute atomic E-state index is 12.8. The van der Waals surface area contributed by atoms with E-state index in [1.54, 1.807) is 0 Å². The maximum atomic E-state index is 12.8. The first-order chi connectivity index (χ1) is 18.2. The monoisotopic (exact) mass is 521 g/mol. The Kier molecular flexibility index (Phi) is 13.9. The lowest BCUT2D eigenvalue weighted by molar-refractivity contribution is 0.0965. The molecule has 202 valence electrons. The topological polar surface area (TPSA) is 29.1 Å². The third-order valence-corrected chi connectivity index (χ3v) is 7.86. The van der Waals surface area contributed by atoms with E-state index in [4.69, 9.17) is 11.6 Å². The normalized spacial score (nSPS) is 16.8. The molecule has 0 spiro atoms. The summed E-state index contributed by atoms with van der Waals surface area (Å²) in [5.74, 6) is 0.717. The Balaban J connectivity index is 1.16. The Morgan fingerprint density at radius 2 is 1.35 bits per heavy atom. The molecule has 2 nitrogen and oxygen atoms in total. The molecule has 1 N–H and O–H groups in total. The number of carbonyl (C=O) groups is 1. The van der Waals surface area contributed by atoms with Gasteiger partial charge in [-0.2, -0.15) is 0 Å². The Hall–Kier alpha value is -2.06. The maximum Gasteiger partial charge on any atom is 0.166 e. The van der Waals surface area contributed by atoms with Crippen molar-refractivity contribution in [3.8, 4) is 0 Å². The standard InChI is InChI=1S/C34H48ClNO/c1-2-3-4-5-6-7-8-9-10-11-12-13-14-15-16-17-26-36-31-24-20-29(21-25-31)34(37)33-27-32(33)28-18-22-30(35)23-19-28/h9-10,18-25,32-33,36H,2-8,11-17,26-27H2,1H3/b10-9-. The number of rotatable bonds is 20. The smallest absolute Gasteiger partial charge is 0.166 e. The van der Waals surface area contributed by atoms with Crippen LogP contribution in [0.5, 0.6) is 0 Å². The SMILES string of the molecule is CCCCCCCC/C=C\CCCCCCCCNc1ccc(C(=O)C2CC2c2ccc(Cl)cc2)cc1. The number of hydrogen-bond donors (Lipinski definition) is 1. The fourth-order valence-electron chi connectivity index (χ4n) is 5.13. The van der Waals surface area contributed by atoms with E-state index in [0.29, 0.717) is 5.92 Å². The lowest BCUT2D eigenvalue weighted by Gasteiger charge is -2.08. The fourth-order valence-corrected chi connectivity index (χ4v) is 5.26. The average molecular weight is 522 g/mol. The first-order valence-corrected chi connectivity index (χ1v) is 15.4. The number of unbranched alkanes of at least 4 members (excludes halogenated alkanes) is 12. The molecule has 0 bridgehead atoms. The van der Waals surface area contributed by atoms with Crippen LogP contribution in [0.2, 0.25) is 5.02 Å². The van der Waals surface area contributed by atoms with Crippen molar-refractivity contribution in [3.05, 3.63) is 76.8 Å². The van der Waals surface area contributed by atoms with Crippen molar-refractivity contribution in [2.75, 3.05) is 11.9 Å². The predicted molar refractivity (Wildman–Crippen MR) is 161 cm³/mol. The molecule has 1 fully saturated rings. The average Bonchev–Trinajstić information content (AvgIpc) is 3.72. The second kappa shape index (κ2) is 17.4. The number of benzene rings is 2. The summed E-state index contributed by atoms with van der Waals surface area (Å²) >= 11 is 5.98. The molecule has 3 heteroatoms. The van der Waals surface area contributed by atoms with E-state index >= 15 is 0 Å². The van der Waals surface area contributed by atoms with Crippen molar-refractivity contribution in [3.63, 3.8) is 0 Å². The minimum absolute atomic E-state index is 0.112. The molecule has 0 radical (unpaired) electrons. The van der Waals surface area contributed by atoms with Crippen LogP contribution in [-0.4, -0.2) is 12.3 Å². The van der Waals surface area contributed by atoms with Gasteiger partial charge < -0.3 is 5.32 Å². The molecular weight excluding hydrogens is 474 g/mol. The minimum atomic E-state index is 0.112. The van der Waals surface area contributed by atoms with Gasteiger partial charge in [0, 0.05) is 28.7 Å². The van der Waals surface area contributed by atoms with Gasteiger partial charge in [0.1, 0.15) is 0 Å². The largest absolute Gasteiger partial charge is 0.385 e. The molecule has 2 unspecified atom stereocenters. The van der Waals surface area contributed by atoms with Crippen molar-refractivity contribution in [1.82, 2.24) is 0 Å². The van der Waals surface area contributed by atoms with Gasteiger partial charge in [0.2, 0.25) is 0 Å². The Morgan fingerprint density at radius 3 is 1.97 bits per heavy atom. The van der Waals surface area contributed by atoms with Crippen molar-refractivity contribution < 1.29 is 4.79 Å². The zero-order chi connectivity index (χ0) is 26.1. The van der Waals surface area contributed by atoms with Crippen LogP contribution >= 0.6 is 11.6 Å². The van der Waals surface area contributed by atoms with E-state index in [-0.39, 0.29) is 11.7 Å². The summed E-state index contributed by atoms with van der Waals surface area (Å²) in [5.41, 5.74) is 3.15. The van der Waals surface area contributed by atoms with Gasteiger partial charge in [-0.25, -0.2) is 0 Å². The van der Waals surface area contributed by atoms with E-state index in [9.17, 15) is 4.79 Å². The summed E-state index contributed by atoms with van der Waals surface area (Å²) in [7, 11) is 0. The van der Waals surface area contributed by atoms with E-state index in [0.717, 1.165) is 29.2 Å². The lowest BCUT2D eigenvalue weighted by atomic mass is 10.0. The van der Waals surface area contributed by atoms with Gasteiger partial charge >= 0.3 is 0 Å². The van der Waals surface area contributed by atoms with Crippen LogP contribution in [0.25, 0.3) is 0 Å². The quantitative estimate of drug-likeness (QED) is 0.107. The molecule has 2 aromatic rings. The van der Waals surface area contributed by atoms with Gasteiger partial charge in [0.05, 0.1) is 0 Å². The fraction of sp³-hybridized carbons (Fsp3) is 0.559. The Morgan fingerprint density at radius 1 is 0.784 bits per heavy atom. The zero-order valence-electron chi connectivity index (χ0n) is 23.0. The van der Waals surface area contributed by atoms with Crippen LogP contribution in [0.1, 0.15) is 125 Å². The number of allylic oxidation sites excluding steroid dienone is 2. The molecule has 0 amide bonds. The molecule has 1 aliphatic rings. The molecule has 1 aliphatic carbocycles. The van der Waals surface area contributed by atoms with Crippen LogP contribution in [0.15, 0.2) is 60.7 Å². The highest BCUT2D eigenvalue weighted by Gasteiger charge is 2.43. The molecule has 0 saturated heterocycles. The molecule has 37 heavy (non-hydrogen) atoms. The second-order valence-corrected chi connectivity index (χ2v) is 11.2. The predicted octanol–water partition coefficient (Wildman–Crippen LogP) is 10.8. The first kappa shape index (κ1) is 29.5. The summed E-state index contributed by atoms with van der Waals surface area (Å²) < 4.78 is 0. The third-order valence-electron chi connectivity index (χ3n) is 7.61. The number of carbonyl (C=O) groups excluding carboxylic acids is 1. The van der Waals surface area contributed by atoms with E-state index in [2.05, 4.69) is 24.4 Å². The highest BCUT2D eigenvalue weighted by Crippen LogP contribution is 2.49. The molecule has 3 rings (SSSR count). The van der Waals surface area contributed by atoms with Gasteiger partial charge in [-0.3, -0.25) is 4.79 Å². The summed E-state index contributed by atoms with van der Waals surface area (Å²) in [4.78, 5) is 12.8. The van der Waals surface area contributed by atoms with Gasteiger partial charge in [0.15, 0.2) is 5.78 Å². The summed E-state index contributed by atoms with van der Waals surface area (Å²) in [5, 5.41) is 4.26. The molecule has 2 atom stereocenters. The van der Waals surface area contributed by atoms with Crippen molar-refractivity contribution >= 4 is 23.1 Å². The number of Topliss-reactive ketones (excluding diaryl/α,β-unsaturated/α-hetero) is 1. The van der Waals surface area contributed by atoms with E-state index in [1.165, 1.54) is 95.5 Å². The summed E-state index contributed by atoms with van der Waals surface area (Å²) in [6.07, 6.45) is 24.4. The zero-order valence-corrected chi connectivity index (χ0v) is 23.8. The van der Waals surface area contributed by atoms with Crippen LogP contribution < -0.4 is 5.32 Å². The van der Waals surface area contributed by atoms with Crippen molar-refractivity contribution in [1.29, 1.82) is 0 Å². The Labute approximate surface area is 231 Å². The highest BCUT2D eigenvalue weighted by molar-refractivity contribution is 6.30. The molecular formula is C34H48ClNO. The molecule has 2 aromatic carbocycles. The van der Waals surface area contributed by atoms with Gasteiger partial charge in [0.25, 0.3) is 0 Å². The number of nitrogens with one attached hydrogen (secondary N) is 1. The Bertz CT molecular complexity index is 918. The molecule has 1 saturated carbocycles. The van der Waals surface area contributed by atoms with Crippen molar-refractivity contribution in [2.24, 2.45) is 5.92 Å². The highest BCUT2D eigenvalue weighted by atomic mass is 35.5. The lowest BCUT2D eigenvalue weighted by Crippen LogP contribution is -2.05. The first-order valence-electron chi connectivity index (χ1n) is 15.0. The van der Waals surface area contributed by atoms with E-state index in [1.807, 2.05) is 48.5 Å².